The predicted octanol–water partition coefficient (Wildman–Crippen LogP) is 1.12. The van der Waals surface area contributed by atoms with Crippen molar-refractivity contribution in [1.29, 1.82) is 0 Å². The Morgan fingerprint density at radius 3 is 2.53 bits per heavy atom. The molecule has 2 N–H and O–H groups in total. The van der Waals surface area contributed by atoms with Crippen LogP contribution in [-0.4, -0.2) is 17.3 Å². The highest BCUT2D eigenvalue weighted by Crippen LogP contribution is 2.29. The lowest BCUT2D eigenvalue weighted by Crippen LogP contribution is -2.28. The molecule has 0 radical (unpaired) electrons. The van der Waals surface area contributed by atoms with Gasteiger partial charge in [-0.1, -0.05) is 19.0 Å². The molecular weight excluding hydrogens is 198 g/mol. The summed E-state index contributed by atoms with van der Waals surface area (Å²) in [6, 6.07) is 0. The first-order chi connectivity index (χ1) is 7.22. The highest BCUT2D eigenvalue weighted by Gasteiger charge is 2.33. The minimum atomic E-state index is -0.476. The van der Waals surface area contributed by atoms with E-state index in [1.54, 1.807) is 7.11 Å². The van der Waals surface area contributed by atoms with Crippen LogP contribution < -0.4 is 5.90 Å². The molecule has 86 valence electrons. The van der Waals surface area contributed by atoms with Crippen molar-refractivity contribution in [2.75, 3.05) is 7.11 Å². The molecule has 1 aromatic rings. The molecule has 0 aromatic carbocycles. The van der Waals surface area contributed by atoms with Crippen LogP contribution >= 0.6 is 0 Å². The van der Waals surface area contributed by atoms with Crippen molar-refractivity contribution in [2.45, 2.75) is 38.9 Å². The van der Waals surface area contributed by atoms with E-state index >= 15 is 0 Å². The third kappa shape index (κ3) is 2.34. The minimum Gasteiger partial charge on any atom is -0.370 e. The maximum atomic E-state index is 5.46. The normalized spacial score (nSPS) is 12.0. The molecule has 0 aliphatic rings. The van der Waals surface area contributed by atoms with Crippen LogP contribution in [-0.2, 0) is 21.8 Å². The van der Waals surface area contributed by atoms with Crippen molar-refractivity contribution in [3.8, 4) is 0 Å². The van der Waals surface area contributed by atoms with Crippen LogP contribution in [0.1, 0.15) is 38.4 Å². The van der Waals surface area contributed by atoms with Gasteiger partial charge in [-0.25, -0.2) is 5.90 Å². The number of rotatable bonds is 6. The average Bonchev–Trinajstić information content (AvgIpc) is 2.71. The first-order valence-electron chi connectivity index (χ1n) is 4.92. The molecule has 1 aromatic heterocycles. The van der Waals surface area contributed by atoms with Gasteiger partial charge in [-0.05, 0) is 12.8 Å². The third-order valence-corrected chi connectivity index (χ3v) is 2.62. The minimum absolute atomic E-state index is 0.111. The molecule has 0 saturated carbocycles. The Hall–Kier alpha value is -0.980. The highest BCUT2D eigenvalue weighted by atomic mass is 16.6. The van der Waals surface area contributed by atoms with E-state index in [0.717, 1.165) is 12.8 Å². The van der Waals surface area contributed by atoms with Gasteiger partial charge in [0.1, 0.15) is 12.2 Å². The van der Waals surface area contributed by atoms with Crippen molar-refractivity contribution in [3.63, 3.8) is 0 Å². The third-order valence-electron chi connectivity index (χ3n) is 2.62. The van der Waals surface area contributed by atoms with Crippen molar-refractivity contribution in [1.82, 2.24) is 10.1 Å². The van der Waals surface area contributed by atoms with Gasteiger partial charge in [0.15, 0.2) is 0 Å². The summed E-state index contributed by atoms with van der Waals surface area (Å²) in [6.07, 6.45) is 1.56. The molecule has 0 amide bonds. The Bertz CT molecular complexity index is 288. The van der Waals surface area contributed by atoms with Gasteiger partial charge in [-0.3, -0.25) is 4.84 Å². The van der Waals surface area contributed by atoms with Crippen LogP contribution in [0, 0.1) is 0 Å². The zero-order valence-corrected chi connectivity index (χ0v) is 9.32. The lowest BCUT2D eigenvalue weighted by Gasteiger charge is -2.25. The number of nitrogens with two attached hydrogens (primary N) is 1. The molecule has 0 saturated heterocycles. The summed E-state index contributed by atoms with van der Waals surface area (Å²) >= 11 is 0. The van der Waals surface area contributed by atoms with E-state index in [2.05, 4.69) is 15.0 Å². The van der Waals surface area contributed by atoms with Crippen LogP contribution in [0.25, 0.3) is 0 Å². The second-order valence-electron chi connectivity index (χ2n) is 3.23. The van der Waals surface area contributed by atoms with Crippen LogP contribution in [0.4, 0.5) is 0 Å². The van der Waals surface area contributed by atoms with Gasteiger partial charge in [-0.2, -0.15) is 4.98 Å². The summed E-state index contributed by atoms with van der Waals surface area (Å²) in [5, 5.41) is 3.87. The SMILES string of the molecule is CCC(CC)(OC)c1noc(CON)n1. The van der Waals surface area contributed by atoms with Crippen LogP contribution in [0.5, 0.6) is 0 Å². The van der Waals surface area contributed by atoms with E-state index in [9.17, 15) is 0 Å². The van der Waals surface area contributed by atoms with Crippen molar-refractivity contribution in [3.05, 3.63) is 11.7 Å². The molecule has 0 spiro atoms. The molecule has 0 bridgehead atoms. The molecule has 1 rings (SSSR count). The first-order valence-corrected chi connectivity index (χ1v) is 4.92. The fourth-order valence-corrected chi connectivity index (χ4v) is 1.52. The number of nitrogens with zero attached hydrogens (tertiary/aromatic N) is 2. The summed E-state index contributed by atoms with van der Waals surface area (Å²) in [4.78, 5) is 8.59. The van der Waals surface area contributed by atoms with Gasteiger partial charge in [0, 0.05) is 7.11 Å². The fraction of sp³-hybridized carbons (Fsp3) is 0.778. The fourth-order valence-electron chi connectivity index (χ4n) is 1.52. The summed E-state index contributed by atoms with van der Waals surface area (Å²) < 4.78 is 10.4. The summed E-state index contributed by atoms with van der Waals surface area (Å²) in [7, 11) is 1.64. The molecule has 0 aliphatic heterocycles. The van der Waals surface area contributed by atoms with Gasteiger partial charge < -0.3 is 9.26 Å². The Balaban J connectivity index is 2.91. The number of ether oxygens (including phenoxy) is 1. The van der Waals surface area contributed by atoms with Gasteiger partial charge in [0.25, 0.3) is 5.89 Å². The molecule has 1 heterocycles. The van der Waals surface area contributed by atoms with E-state index in [1.165, 1.54) is 0 Å². The summed E-state index contributed by atoms with van der Waals surface area (Å²) in [5.41, 5.74) is -0.476. The van der Waals surface area contributed by atoms with E-state index in [1.807, 2.05) is 13.8 Å². The van der Waals surface area contributed by atoms with Crippen LogP contribution in [0.15, 0.2) is 4.52 Å². The first kappa shape index (κ1) is 12.1. The number of aromatic nitrogens is 2. The maximum absolute atomic E-state index is 5.46. The largest absolute Gasteiger partial charge is 0.370 e. The van der Waals surface area contributed by atoms with Crippen molar-refractivity contribution < 1.29 is 14.1 Å². The second-order valence-corrected chi connectivity index (χ2v) is 3.23. The monoisotopic (exact) mass is 215 g/mol. The topological polar surface area (TPSA) is 83.4 Å². The van der Waals surface area contributed by atoms with Crippen LogP contribution in [0.2, 0.25) is 0 Å². The van der Waals surface area contributed by atoms with Crippen molar-refractivity contribution in [2.24, 2.45) is 5.90 Å². The number of hydrogen-bond donors (Lipinski definition) is 1. The Kier molecular flexibility index (Phi) is 4.19. The molecule has 0 aliphatic carbocycles. The molecule has 15 heavy (non-hydrogen) atoms. The van der Waals surface area contributed by atoms with Gasteiger partial charge in [0.2, 0.25) is 5.82 Å². The molecule has 0 atom stereocenters. The molecule has 0 unspecified atom stereocenters. The van der Waals surface area contributed by atoms with Gasteiger partial charge in [0.05, 0.1) is 0 Å². The smallest absolute Gasteiger partial charge is 0.254 e. The number of hydrogen-bond acceptors (Lipinski definition) is 6. The number of methoxy groups -OCH3 is 1. The Labute approximate surface area is 88.7 Å². The quantitative estimate of drug-likeness (QED) is 0.716. The summed E-state index contributed by atoms with van der Waals surface area (Å²) in [5.74, 6) is 5.82. The Morgan fingerprint density at radius 2 is 2.07 bits per heavy atom. The lowest BCUT2D eigenvalue weighted by atomic mass is 9.96. The highest BCUT2D eigenvalue weighted by molar-refractivity contribution is 5.00. The molecule has 6 nitrogen and oxygen atoms in total. The molecular formula is C9H17N3O3. The summed E-state index contributed by atoms with van der Waals surface area (Å²) in [6.45, 7) is 4.14. The van der Waals surface area contributed by atoms with E-state index in [4.69, 9.17) is 15.2 Å². The maximum Gasteiger partial charge on any atom is 0.254 e. The molecule has 0 fully saturated rings. The molecule has 6 heteroatoms. The van der Waals surface area contributed by atoms with E-state index < -0.39 is 5.60 Å². The second kappa shape index (κ2) is 5.20. The van der Waals surface area contributed by atoms with Crippen LogP contribution in [0.3, 0.4) is 0 Å². The standard InChI is InChI=1S/C9H17N3O3/c1-4-9(5-2,13-3)8-11-7(6-14-10)15-12-8/h4-6,10H2,1-3H3. The average molecular weight is 215 g/mol. The van der Waals surface area contributed by atoms with Crippen molar-refractivity contribution >= 4 is 0 Å². The van der Waals surface area contributed by atoms with Gasteiger partial charge in [-0.15, -0.1) is 0 Å². The van der Waals surface area contributed by atoms with E-state index in [0.29, 0.717) is 11.7 Å². The predicted molar refractivity (Wildman–Crippen MR) is 52.5 cm³/mol. The zero-order valence-electron chi connectivity index (χ0n) is 9.32. The Morgan fingerprint density at radius 1 is 1.40 bits per heavy atom. The zero-order chi connectivity index (χ0) is 11.3. The van der Waals surface area contributed by atoms with Gasteiger partial charge >= 0.3 is 0 Å². The van der Waals surface area contributed by atoms with E-state index in [-0.39, 0.29) is 6.61 Å². The lowest BCUT2D eigenvalue weighted by molar-refractivity contribution is -0.0306.